The number of benzene rings is 2. The maximum atomic E-state index is 12.2. The SMILES string of the molecule is COc1ccc(C2CC(=O)N(CC(=O)NNc3ccccc3)C2)cc1. The van der Waals surface area contributed by atoms with E-state index in [0.29, 0.717) is 13.0 Å². The van der Waals surface area contributed by atoms with Crippen LogP contribution in [0.2, 0.25) is 0 Å². The zero-order valence-electron chi connectivity index (χ0n) is 14.1. The fourth-order valence-corrected chi connectivity index (χ4v) is 2.90. The normalized spacial score (nSPS) is 16.6. The lowest BCUT2D eigenvalue weighted by Gasteiger charge is -2.17. The Hall–Kier alpha value is -3.02. The molecule has 1 atom stereocenters. The molecule has 3 rings (SSSR count). The van der Waals surface area contributed by atoms with Gasteiger partial charge in [-0.1, -0.05) is 30.3 Å². The van der Waals surface area contributed by atoms with Gasteiger partial charge in [-0.3, -0.25) is 20.4 Å². The van der Waals surface area contributed by atoms with Gasteiger partial charge in [0.05, 0.1) is 12.8 Å². The summed E-state index contributed by atoms with van der Waals surface area (Å²) < 4.78 is 5.15. The molecule has 130 valence electrons. The van der Waals surface area contributed by atoms with E-state index in [2.05, 4.69) is 10.9 Å². The summed E-state index contributed by atoms with van der Waals surface area (Å²) in [6, 6.07) is 17.1. The Morgan fingerprint density at radius 3 is 2.56 bits per heavy atom. The summed E-state index contributed by atoms with van der Waals surface area (Å²) in [5.74, 6) is 0.646. The number of hydrogen-bond donors (Lipinski definition) is 2. The van der Waals surface area contributed by atoms with Crippen molar-refractivity contribution in [3.8, 4) is 5.75 Å². The topological polar surface area (TPSA) is 70.7 Å². The molecule has 6 heteroatoms. The quantitative estimate of drug-likeness (QED) is 0.791. The summed E-state index contributed by atoms with van der Waals surface area (Å²) in [7, 11) is 1.62. The largest absolute Gasteiger partial charge is 0.497 e. The number of nitrogens with one attached hydrogen (secondary N) is 2. The van der Waals surface area contributed by atoms with Crippen molar-refractivity contribution in [2.45, 2.75) is 12.3 Å². The molecule has 1 aliphatic heterocycles. The number of ether oxygens (including phenoxy) is 1. The molecule has 6 nitrogen and oxygen atoms in total. The highest BCUT2D eigenvalue weighted by molar-refractivity contribution is 5.87. The number of hydrazine groups is 1. The van der Waals surface area contributed by atoms with Crippen molar-refractivity contribution in [1.82, 2.24) is 10.3 Å². The van der Waals surface area contributed by atoms with Gasteiger partial charge < -0.3 is 9.64 Å². The molecule has 0 radical (unpaired) electrons. The van der Waals surface area contributed by atoms with E-state index in [9.17, 15) is 9.59 Å². The van der Waals surface area contributed by atoms with Crippen molar-refractivity contribution in [3.05, 3.63) is 60.2 Å². The van der Waals surface area contributed by atoms with Gasteiger partial charge in [-0.2, -0.15) is 0 Å². The molecule has 0 bridgehead atoms. The van der Waals surface area contributed by atoms with Gasteiger partial charge >= 0.3 is 0 Å². The molecule has 25 heavy (non-hydrogen) atoms. The molecule has 1 saturated heterocycles. The molecule has 1 aliphatic rings. The lowest BCUT2D eigenvalue weighted by atomic mass is 9.98. The van der Waals surface area contributed by atoms with Crippen molar-refractivity contribution in [3.63, 3.8) is 0 Å². The van der Waals surface area contributed by atoms with Crippen LogP contribution in [-0.4, -0.2) is 36.9 Å². The van der Waals surface area contributed by atoms with Gasteiger partial charge in [0, 0.05) is 18.9 Å². The summed E-state index contributed by atoms with van der Waals surface area (Å²) in [5.41, 5.74) is 7.33. The molecule has 2 amide bonds. The number of methoxy groups -OCH3 is 1. The number of amides is 2. The molecule has 0 aliphatic carbocycles. The van der Waals surface area contributed by atoms with Crippen LogP contribution in [0.1, 0.15) is 17.9 Å². The minimum atomic E-state index is -0.243. The zero-order valence-corrected chi connectivity index (χ0v) is 14.1. The van der Waals surface area contributed by atoms with Crippen molar-refractivity contribution < 1.29 is 14.3 Å². The van der Waals surface area contributed by atoms with E-state index < -0.39 is 0 Å². The molecule has 1 heterocycles. The number of carbonyl (C=O) groups excluding carboxylic acids is 2. The second kappa shape index (κ2) is 7.70. The fourth-order valence-electron chi connectivity index (χ4n) is 2.90. The van der Waals surface area contributed by atoms with E-state index in [1.54, 1.807) is 12.0 Å². The van der Waals surface area contributed by atoms with Crippen LogP contribution in [0.25, 0.3) is 0 Å². The van der Waals surface area contributed by atoms with Gasteiger partial charge in [0.25, 0.3) is 5.91 Å². The molecule has 0 aromatic heterocycles. The average Bonchev–Trinajstić information content (AvgIpc) is 3.01. The van der Waals surface area contributed by atoms with Crippen LogP contribution in [0.4, 0.5) is 5.69 Å². The number of nitrogens with zero attached hydrogens (tertiary/aromatic N) is 1. The smallest absolute Gasteiger partial charge is 0.257 e. The number of likely N-dealkylation sites (tertiary alicyclic amines) is 1. The first-order valence-electron chi connectivity index (χ1n) is 8.17. The minimum Gasteiger partial charge on any atom is -0.497 e. The highest BCUT2D eigenvalue weighted by Gasteiger charge is 2.31. The molecule has 0 spiro atoms. The maximum Gasteiger partial charge on any atom is 0.257 e. The lowest BCUT2D eigenvalue weighted by molar-refractivity contribution is -0.132. The highest BCUT2D eigenvalue weighted by atomic mass is 16.5. The Kier molecular flexibility index (Phi) is 5.18. The third kappa shape index (κ3) is 4.29. The second-order valence-corrected chi connectivity index (χ2v) is 5.99. The van der Waals surface area contributed by atoms with Gasteiger partial charge in [0.15, 0.2) is 0 Å². The Morgan fingerprint density at radius 1 is 1.16 bits per heavy atom. The van der Waals surface area contributed by atoms with Crippen LogP contribution in [-0.2, 0) is 9.59 Å². The summed E-state index contributed by atoms with van der Waals surface area (Å²) in [6.45, 7) is 0.593. The predicted octanol–water partition coefficient (Wildman–Crippen LogP) is 2.15. The van der Waals surface area contributed by atoms with Crippen LogP contribution in [0.3, 0.4) is 0 Å². The summed E-state index contributed by atoms with van der Waals surface area (Å²) >= 11 is 0. The van der Waals surface area contributed by atoms with Crippen molar-refractivity contribution in [2.24, 2.45) is 0 Å². The van der Waals surface area contributed by atoms with Gasteiger partial charge in [0.2, 0.25) is 5.91 Å². The van der Waals surface area contributed by atoms with Crippen molar-refractivity contribution in [2.75, 3.05) is 25.6 Å². The molecule has 1 fully saturated rings. The summed E-state index contributed by atoms with van der Waals surface area (Å²) in [4.78, 5) is 25.8. The first-order valence-corrected chi connectivity index (χ1v) is 8.17. The first kappa shape index (κ1) is 16.8. The lowest BCUT2D eigenvalue weighted by Crippen LogP contribution is -2.40. The van der Waals surface area contributed by atoms with Crippen molar-refractivity contribution >= 4 is 17.5 Å². The molecule has 0 saturated carbocycles. The second-order valence-electron chi connectivity index (χ2n) is 5.99. The molecule has 1 unspecified atom stereocenters. The summed E-state index contributed by atoms with van der Waals surface area (Å²) in [5, 5.41) is 0. The number of para-hydroxylation sites is 1. The fraction of sp³-hybridized carbons (Fsp3) is 0.263. The Morgan fingerprint density at radius 2 is 1.88 bits per heavy atom. The Balaban J connectivity index is 1.52. The Labute approximate surface area is 146 Å². The molecule has 2 aromatic carbocycles. The number of carbonyl (C=O) groups is 2. The van der Waals surface area contributed by atoms with E-state index >= 15 is 0 Å². The van der Waals surface area contributed by atoms with E-state index in [4.69, 9.17) is 4.74 Å². The molecular formula is C19H21N3O3. The van der Waals surface area contributed by atoms with E-state index in [1.807, 2.05) is 54.6 Å². The third-order valence-corrected chi connectivity index (χ3v) is 4.26. The van der Waals surface area contributed by atoms with Gasteiger partial charge in [-0.15, -0.1) is 0 Å². The zero-order chi connectivity index (χ0) is 17.6. The van der Waals surface area contributed by atoms with E-state index in [-0.39, 0.29) is 24.3 Å². The van der Waals surface area contributed by atoms with Crippen molar-refractivity contribution in [1.29, 1.82) is 0 Å². The van der Waals surface area contributed by atoms with Crippen LogP contribution in [0.15, 0.2) is 54.6 Å². The number of hydrogen-bond acceptors (Lipinski definition) is 4. The van der Waals surface area contributed by atoms with Crippen LogP contribution in [0.5, 0.6) is 5.75 Å². The molecule has 2 aromatic rings. The van der Waals surface area contributed by atoms with Gasteiger partial charge in [-0.05, 0) is 29.8 Å². The van der Waals surface area contributed by atoms with Gasteiger partial charge in [-0.25, -0.2) is 0 Å². The third-order valence-electron chi connectivity index (χ3n) is 4.26. The molecular weight excluding hydrogens is 318 g/mol. The van der Waals surface area contributed by atoms with Crippen LogP contribution >= 0.6 is 0 Å². The first-order chi connectivity index (χ1) is 12.2. The predicted molar refractivity (Wildman–Crippen MR) is 95.1 cm³/mol. The standard InChI is InChI=1S/C19H21N3O3/c1-25-17-9-7-14(8-10-17)15-11-19(24)22(12-15)13-18(23)21-20-16-5-3-2-4-6-16/h2-10,15,20H,11-13H2,1H3,(H,21,23). The maximum absolute atomic E-state index is 12.2. The Bertz CT molecular complexity index is 731. The number of anilines is 1. The monoisotopic (exact) mass is 339 g/mol. The molecule has 2 N–H and O–H groups in total. The van der Waals surface area contributed by atoms with Crippen LogP contribution in [0, 0.1) is 0 Å². The summed E-state index contributed by atoms with van der Waals surface area (Å²) in [6.07, 6.45) is 0.422. The van der Waals surface area contributed by atoms with E-state index in [0.717, 1.165) is 17.0 Å². The average molecular weight is 339 g/mol. The van der Waals surface area contributed by atoms with Crippen LogP contribution < -0.4 is 15.6 Å². The minimum absolute atomic E-state index is 0.00400. The van der Waals surface area contributed by atoms with Gasteiger partial charge in [0.1, 0.15) is 12.3 Å². The van der Waals surface area contributed by atoms with E-state index in [1.165, 1.54) is 0 Å². The number of rotatable bonds is 6. The highest BCUT2D eigenvalue weighted by Crippen LogP contribution is 2.29.